The van der Waals surface area contributed by atoms with Crippen molar-refractivity contribution in [2.24, 2.45) is 0 Å². The molecule has 0 saturated carbocycles. The van der Waals surface area contributed by atoms with Crippen molar-refractivity contribution >= 4 is 5.82 Å². The van der Waals surface area contributed by atoms with Gasteiger partial charge in [0.2, 0.25) is 0 Å². The number of halogens is 4. The molecule has 0 spiro atoms. The second-order valence-corrected chi connectivity index (χ2v) is 3.28. The molecule has 8 heteroatoms. The van der Waals surface area contributed by atoms with Crippen molar-refractivity contribution in [3.05, 3.63) is 41.1 Å². The van der Waals surface area contributed by atoms with Crippen LogP contribution in [0, 0.1) is 34.6 Å². The average molecular weight is 256 g/mol. The molecule has 18 heavy (non-hydrogen) atoms. The first-order valence-electron chi connectivity index (χ1n) is 4.54. The van der Waals surface area contributed by atoms with Crippen LogP contribution >= 0.6 is 0 Å². The molecule has 2 N–H and O–H groups in total. The summed E-state index contributed by atoms with van der Waals surface area (Å²) in [5, 5.41) is 12.1. The van der Waals surface area contributed by atoms with Crippen LogP contribution in [0.5, 0.6) is 0 Å². The normalized spacial score (nSPS) is 10.4. The molecular weight excluding hydrogens is 252 g/mol. The van der Waals surface area contributed by atoms with Crippen LogP contribution in [0.15, 0.2) is 12.3 Å². The van der Waals surface area contributed by atoms with E-state index in [4.69, 9.17) is 11.0 Å². The van der Waals surface area contributed by atoms with Crippen molar-refractivity contribution in [1.82, 2.24) is 9.78 Å². The second-order valence-electron chi connectivity index (χ2n) is 3.28. The molecule has 0 bridgehead atoms. The number of nitrogens with zero attached hydrogens (tertiary/aromatic N) is 3. The minimum absolute atomic E-state index is 0.140. The zero-order chi connectivity index (χ0) is 13.4. The van der Waals surface area contributed by atoms with E-state index in [0.29, 0.717) is 4.68 Å². The van der Waals surface area contributed by atoms with Gasteiger partial charge in [-0.1, -0.05) is 0 Å². The number of aromatic nitrogens is 2. The molecule has 1 aromatic heterocycles. The third-order valence-electron chi connectivity index (χ3n) is 2.23. The van der Waals surface area contributed by atoms with Crippen molar-refractivity contribution in [2.45, 2.75) is 0 Å². The summed E-state index contributed by atoms with van der Waals surface area (Å²) in [5.41, 5.74) is 4.28. The van der Waals surface area contributed by atoms with Crippen LogP contribution in [0.2, 0.25) is 0 Å². The van der Waals surface area contributed by atoms with E-state index in [2.05, 4.69) is 5.10 Å². The summed E-state index contributed by atoms with van der Waals surface area (Å²) in [6, 6.07) is 1.80. The molecule has 2 rings (SSSR count). The van der Waals surface area contributed by atoms with Crippen LogP contribution in [0.3, 0.4) is 0 Å². The Bertz CT molecular complexity index is 671. The molecule has 0 unspecified atom stereocenters. The molecule has 0 fully saturated rings. The van der Waals surface area contributed by atoms with E-state index in [1.165, 1.54) is 0 Å². The molecule has 0 saturated heterocycles. The standard InChI is InChI=1S/C10H4F4N4/c11-5-1-6(12)9(8(14)7(5)13)18-10(16)4(2-15)3-17-18/h1,3H,16H2. The lowest BCUT2D eigenvalue weighted by atomic mass is 10.2. The van der Waals surface area contributed by atoms with Crippen LogP contribution in [0.4, 0.5) is 23.4 Å². The van der Waals surface area contributed by atoms with Crippen molar-refractivity contribution < 1.29 is 17.6 Å². The zero-order valence-electron chi connectivity index (χ0n) is 8.59. The number of nitriles is 1. The molecule has 0 amide bonds. The Morgan fingerprint density at radius 2 is 1.83 bits per heavy atom. The predicted molar refractivity (Wildman–Crippen MR) is 52.5 cm³/mol. The van der Waals surface area contributed by atoms with Crippen LogP contribution in [-0.2, 0) is 0 Å². The zero-order valence-corrected chi connectivity index (χ0v) is 8.59. The maximum atomic E-state index is 13.4. The maximum Gasteiger partial charge on any atom is 0.196 e. The molecule has 0 aliphatic heterocycles. The first kappa shape index (κ1) is 11.9. The molecule has 2 aromatic rings. The Labute approximate surface area is 97.9 Å². The third kappa shape index (κ3) is 1.57. The van der Waals surface area contributed by atoms with E-state index in [1.54, 1.807) is 6.07 Å². The number of benzene rings is 1. The number of hydrogen-bond acceptors (Lipinski definition) is 3. The molecule has 1 aromatic carbocycles. The van der Waals surface area contributed by atoms with Gasteiger partial charge in [0, 0.05) is 6.07 Å². The van der Waals surface area contributed by atoms with E-state index in [-0.39, 0.29) is 17.4 Å². The highest BCUT2D eigenvalue weighted by Gasteiger charge is 2.23. The Hall–Kier alpha value is -2.56. The largest absolute Gasteiger partial charge is 0.382 e. The summed E-state index contributed by atoms with van der Waals surface area (Å²) in [7, 11) is 0. The highest BCUT2D eigenvalue weighted by Crippen LogP contribution is 2.25. The SMILES string of the molecule is N#Cc1cnn(-c2c(F)cc(F)c(F)c2F)c1N. The summed E-state index contributed by atoms with van der Waals surface area (Å²) in [4.78, 5) is 0. The number of nitrogen functional groups attached to an aromatic ring is 1. The van der Waals surface area contributed by atoms with Crippen molar-refractivity contribution in [1.29, 1.82) is 5.26 Å². The monoisotopic (exact) mass is 256 g/mol. The van der Waals surface area contributed by atoms with Gasteiger partial charge in [-0.2, -0.15) is 10.4 Å². The summed E-state index contributed by atoms with van der Waals surface area (Å²) in [6.45, 7) is 0. The Balaban J connectivity index is 2.76. The second kappa shape index (κ2) is 4.03. The highest BCUT2D eigenvalue weighted by molar-refractivity contribution is 5.53. The molecule has 0 aliphatic carbocycles. The quantitative estimate of drug-likeness (QED) is 0.481. The molecule has 0 radical (unpaired) electrons. The van der Waals surface area contributed by atoms with Gasteiger partial charge in [-0.3, -0.25) is 0 Å². The lowest BCUT2D eigenvalue weighted by Crippen LogP contribution is -2.10. The van der Waals surface area contributed by atoms with Crippen molar-refractivity contribution in [3.63, 3.8) is 0 Å². The van der Waals surface area contributed by atoms with Gasteiger partial charge in [-0.25, -0.2) is 22.2 Å². The van der Waals surface area contributed by atoms with Gasteiger partial charge in [-0.05, 0) is 0 Å². The molecule has 0 aliphatic rings. The van der Waals surface area contributed by atoms with Gasteiger partial charge in [0.15, 0.2) is 23.3 Å². The minimum atomic E-state index is -1.85. The molecular formula is C10H4F4N4. The summed E-state index contributed by atoms with van der Waals surface area (Å²) >= 11 is 0. The van der Waals surface area contributed by atoms with Gasteiger partial charge < -0.3 is 5.73 Å². The Morgan fingerprint density at radius 3 is 2.39 bits per heavy atom. The maximum absolute atomic E-state index is 13.4. The van der Waals surface area contributed by atoms with Crippen LogP contribution < -0.4 is 5.73 Å². The first-order chi connectivity index (χ1) is 8.47. The summed E-state index contributed by atoms with van der Waals surface area (Å²) in [6.07, 6.45) is 0.954. The molecule has 4 nitrogen and oxygen atoms in total. The van der Waals surface area contributed by atoms with E-state index in [9.17, 15) is 17.6 Å². The van der Waals surface area contributed by atoms with Gasteiger partial charge >= 0.3 is 0 Å². The predicted octanol–water partition coefficient (Wildman–Crippen LogP) is 1.88. The van der Waals surface area contributed by atoms with Gasteiger partial charge in [0.1, 0.15) is 23.1 Å². The fraction of sp³-hybridized carbons (Fsp3) is 0. The summed E-state index contributed by atoms with van der Waals surface area (Å²) < 4.78 is 53.1. The van der Waals surface area contributed by atoms with Gasteiger partial charge in [0.05, 0.1) is 6.20 Å². The Kier molecular flexibility index (Phi) is 2.67. The van der Waals surface area contributed by atoms with Crippen molar-refractivity contribution in [3.8, 4) is 11.8 Å². The number of hydrogen-bond donors (Lipinski definition) is 1. The number of rotatable bonds is 1. The molecule has 1 heterocycles. The highest BCUT2D eigenvalue weighted by atomic mass is 19.2. The Morgan fingerprint density at radius 1 is 1.17 bits per heavy atom. The van der Waals surface area contributed by atoms with Gasteiger partial charge in [-0.15, -0.1) is 0 Å². The lowest BCUT2D eigenvalue weighted by Gasteiger charge is -2.08. The first-order valence-corrected chi connectivity index (χ1v) is 4.54. The van der Waals surface area contributed by atoms with E-state index in [1.807, 2.05) is 0 Å². The van der Waals surface area contributed by atoms with Gasteiger partial charge in [0.25, 0.3) is 0 Å². The molecule has 92 valence electrons. The van der Waals surface area contributed by atoms with Crippen LogP contribution in [0.1, 0.15) is 5.56 Å². The van der Waals surface area contributed by atoms with E-state index in [0.717, 1.165) is 6.20 Å². The minimum Gasteiger partial charge on any atom is -0.382 e. The van der Waals surface area contributed by atoms with Crippen molar-refractivity contribution in [2.75, 3.05) is 5.73 Å². The fourth-order valence-corrected chi connectivity index (χ4v) is 1.37. The number of anilines is 1. The molecule has 0 atom stereocenters. The number of nitrogens with two attached hydrogens (primary N) is 1. The third-order valence-corrected chi connectivity index (χ3v) is 2.23. The van der Waals surface area contributed by atoms with E-state index >= 15 is 0 Å². The van der Waals surface area contributed by atoms with E-state index < -0.39 is 29.0 Å². The van der Waals surface area contributed by atoms with Crippen LogP contribution in [-0.4, -0.2) is 9.78 Å². The smallest absolute Gasteiger partial charge is 0.196 e. The average Bonchev–Trinajstić information content (AvgIpc) is 2.68. The lowest BCUT2D eigenvalue weighted by molar-refractivity contribution is 0.429. The topological polar surface area (TPSA) is 67.6 Å². The fourth-order valence-electron chi connectivity index (χ4n) is 1.37. The van der Waals surface area contributed by atoms with Crippen LogP contribution in [0.25, 0.3) is 5.69 Å². The summed E-state index contributed by atoms with van der Waals surface area (Å²) in [5.74, 6) is -7.04.